The van der Waals surface area contributed by atoms with Crippen LogP contribution in [0.4, 0.5) is 14.9 Å². The SMILES string of the molecule is Cn1cc(-c2cncc(CNC(=O)Nc3ccccc3F)c2)cn1. The van der Waals surface area contributed by atoms with Crippen molar-refractivity contribution >= 4 is 11.7 Å². The highest BCUT2D eigenvalue weighted by Gasteiger charge is 2.07. The summed E-state index contributed by atoms with van der Waals surface area (Å²) in [6.07, 6.45) is 7.04. The van der Waals surface area contributed by atoms with E-state index < -0.39 is 11.8 Å². The summed E-state index contributed by atoms with van der Waals surface area (Å²) in [6.45, 7) is 0.279. The van der Waals surface area contributed by atoms with Crippen LogP contribution in [-0.4, -0.2) is 20.8 Å². The third-order valence-electron chi connectivity index (χ3n) is 3.41. The summed E-state index contributed by atoms with van der Waals surface area (Å²) in [6, 6.07) is 7.45. The van der Waals surface area contributed by atoms with Gasteiger partial charge in [0, 0.05) is 43.3 Å². The Bertz CT molecular complexity index is 861. The minimum atomic E-state index is -0.480. The van der Waals surface area contributed by atoms with E-state index in [0.29, 0.717) is 0 Å². The van der Waals surface area contributed by atoms with Gasteiger partial charge in [0.15, 0.2) is 0 Å². The molecule has 0 aliphatic rings. The number of urea groups is 1. The molecule has 0 saturated carbocycles. The highest BCUT2D eigenvalue weighted by molar-refractivity contribution is 5.89. The molecular weight excluding hydrogens is 309 g/mol. The zero-order valence-corrected chi connectivity index (χ0v) is 13.0. The van der Waals surface area contributed by atoms with E-state index in [1.165, 1.54) is 12.1 Å². The fourth-order valence-electron chi connectivity index (χ4n) is 2.22. The van der Waals surface area contributed by atoms with E-state index in [9.17, 15) is 9.18 Å². The number of para-hydroxylation sites is 1. The molecule has 0 spiro atoms. The first-order chi connectivity index (χ1) is 11.6. The van der Waals surface area contributed by atoms with Crippen LogP contribution in [0, 0.1) is 5.82 Å². The Morgan fingerprint density at radius 2 is 2.04 bits per heavy atom. The molecular formula is C17H16FN5O. The second-order valence-corrected chi connectivity index (χ2v) is 5.27. The molecule has 0 bridgehead atoms. The van der Waals surface area contributed by atoms with Gasteiger partial charge in [-0.2, -0.15) is 5.10 Å². The summed E-state index contributed by atoms with van der Waals surface area (Å²) in [5.41, 5.74) is 2.83. The van der Waals surface area contributed by atoms with Crippen LogP contribution in [-0.2, 0) is 13.6 Å². The van der Waals surface area contributed by atoms with Crippen molar-refractivity contribution < 1.29 is 9.18 Å². The van der Waals surface area contributed by atoms with Gasteiger partial charge >= 0.3 is 6.03 Å². The van der Waals surface area contributed by atoms with Crippen LogP contribution in [0.3, 0.4) is 0 Å². The number of hydrogen-bond acceptors (Lipinski definition) is 3. The Morgan fingerprint density at radius 3 is 2.79 bits per heavy atom. The second kappa shape index (κ2) is 6.91. The number of carbonyl (C=O) groups excluding carboxylic acids is 1. The van der Waals surface area contributed by atoms with E-state index >= 15 is 0 Å². The molecule has 3 aromatic rings. The van der Waals surface area contributed by atoms with Gasteiger partial charge in [-0.05, 0) is 23.8 Å². The van der Waals surface area contributed by atoms with E-state index in [0.717, 1.165) is 16.7 Å². The number of halogens is 1. The van der Waals surface area contributed by atoms with E-state index in [4.69, 9.17) is 0 Å². The number of anilines is 1. The van der Waals surface area contributed by atoms with E-state index in [2.05, 4.69) is 20.7 Å². The van der Waals surface area contributed by atoms with Crippen LogP contribution in [0.1, 0.15) is 5.56 Å². The summed E-state index contributed by atoms with van der Waals surface area (Å²) in [4.78, 5) is 16.1. The molecule has 0 atom stereocenters. The van der Waals surface area contributed by atoms with Crippen LogP contribution in [0.15, 0.2) is 55.1 Å². The fraction of sp³-hybridized carbons (Fsp3) is 0.118. The van der Waals surface area contributed by atoms with Crippen LogP contribution < -0.4 is 10.6 Å². The van der Waals surface area contributed by atoms with Gasteiger partial charge in [0.05, 0.1) is 11.9 Å². The van der Waals surface area contributed by atoms with Crippen molar-refractivity contribution in [3.8, 4) is 11.1 Å². The molecule has 24 heavy (non-hydrogen) atoms. The lowest BCUT2D eigenvalue weighted by Crippen LogP contribution is -2.28. The first kappa shape index (κ1) is 15.7. The lowest BCUT2D eigenvalue weighted by Gasteiger charge is -2.09. The lowest BCUT2D eigenvalue weighted by atomic mass is 10.1. The Balaban J connectivity index is 1.62. The van der Waals surface area contributed by atoms with E-state index in [-0.39, 0.29) is 12.2 Å². The van der Waals surface area contributed by atoms with Gasteiger partial charge in [-0.1, -0.05) is 12.1 Å². The average molecular weight is 325 g/mol. The average Bonchev–Trinajstić information content (AvgIpc) is 3.02. The first-order valence-electron chi connectivity index (χ1n) is 7.34. The van der Waals surface area contributed by atoms with Gasteiger partial charge in [-0.3, -0.25) is 9.67 Å². The monoisotopic (exact) mass is 325 g/mol. The largest absolute Gasteiger partial charge is 0.334 e. The van der Waals surface area contributed by atoms with Gasteiger partial charge in [-0.25, -0.2) is 9.18 Å². The number of amides is 2. The van der Waals surface area contributed by atoms with Gasteiger partial charge in [0.2, 0.25) is 0 Å². The zero-order chi connectivity index (χ0) is 16.9. The molecule has 6 nitrogen and oxygen atoms in total. The molecule has 2 N–H and O–H groups in total. The molecule has 122 valence electrons. The molecule has 0 radical (unpaired) electrons. The predicted molar refractivity (Wildman–Crippen MR) is 88.7 cm³/mol. The van der Waals surface area contributed by atoms with Crippen molar-refractivity contribution in [1.82, 2.24) is 20.1 Å². The number of pyridine rings is 1. The van der Waals surface area contributed by atoms with Crippen molar-refractivity contribution in [3.05, 3.63) is 66.5 Å². The molecule has 0 aliphatic heterocycles. The van der Waals surface area contributed by atoms with Gasteiger partial charge in [-0.15, -0.1) is 0 Å². The molecule has 0 fully saturated rings. The smallest absolute Gasteiger partial charge is 0.319 e. The van der Waals surface area contributed by atoms with Crippen molar-refractivity contribution in [2.24, 2.45) is 7.05 Å². The molecule has 2 amide bonds. The Labute approximate surface area is 138 Å². The number of aryl methyl sites for hydroxylation is 1. The number of rotatable bonds is 4. The number of hydrogen-bond donors (Lipinski definition) is 2. The molecule has 0 saturated heterocycles. The van der Waals surface area contributed by atoms with Crippen LogP contribution in [0.25, 0.3) is 11.1 Å². The molecule has 1 aromatic carbocycles. The minimum absolute atomic E-state index is 0.136. The Hall–Kier alpha value is -3.22. The second-order valence-electron chi connectivity index (χ2n) is 5.27. The minimum Gasteiger partial charge on any atom is -0.334 e. The number of nitrogens with zero attached hydrogens (tertiary/aromatic N) is 3. The maximum absolute atomic E-state index is 13.5. The number of nitrogens with one attached hydrogen (secondary N) is 2. The first-order valence-corrected chi connectivity index (χ1v) is 7.34. The van der Waals surface area contributed by atoms with Crippen LogP contribution in [0.5, 0.6) is 0 Å². The summed E-state index contributed by atoms with van der Waals surface area (Å²) in [7, 11) is 1.84. The number of benzene rings is 1. The van der Waals surface area contributed by atoms with E-state index in [1.807, 2.05) is 19.3 Å². The summed E-state index contributed by atoms with van der Waals surface area (Å²) in [5.74, 6) is -0.479. The molecule has 2 heterocycles. The third kappa shape index (κ3) is 3.75. The van der Waals surface area contributed by atoms with Crippen molar-refractivity contribution in [2.45, 2.75) is 6.54 Å². The number of carbonyl (C=O) groups is 1. The van der Waals surface area contributed by atoms with E-state index in [1.54, 1.807) is 35.4 Å². The topological polar surface area (TPSA) is 71.8 Å². The molecule has 0 unspecified atom stereocenters. The fourth-order valence-corrected chi connectivity index (χ4v) is 2.22. The quantitative estimate of drug-likeness (QED) is 0.775. The maximum atomic E-state index is 13.5. The predicted octanol–water partition coefficient (Wildman–Crippen LogP) is 2.94. The van der Waals surface area contributed by atoms with Crippen molar-refractivity contribution in [3.63, 3.8) is 0 Å². The summed E-state index contributed by atoms with van der Waals surface area (Å²) >= 11 is 0. The molecule has 3 rings (SSSR count). The molecule has 7 heteroatoms. The summed E-state index contributed by atoms with van der Waals surface area (Å²) < 4.78 is 15.2. The number of aromatic nitrogens is 3. The standard InChI is InChI=1S/C17H16FN5O/c1-23-11-14(10-21-23)13-6-12(7-19-9-13)8-20-17(24)22-16-5-3-2-4-15(16)18/h2-7,9-11H,8H2,1H3,(H2,20,22,24). The molecule has 2 aromatic heterocycles. The highest BCUT2D eigenvalue weighted by atomic mass is 19.1. The van der Waals surface area contributed by atoms with Gasteiger partial charge in [0.1, 0.15) is 5.82 Å². The highest BCUT2D eigenvalue weighted by Crippen LogP contribution is 2.18. The van der Waals surface area contributed by atoms with Gasteiger partial charge in [0.25, 0.3) is 0 Å². The summed E-state index contributed by atoms with van der Waals surface area (Å²) in [5, 5.41) is 9.28. The van der Waals surface area contributed by atoms with Crippen molar-refractivity contribution in [1.29, 1.82) is 0 Å². The third-order valence-corrected chi connectivity index (χ3v) is 3.41. The van der Waals surface area contributed by atoms with Crippen LogP contribution in [0.2, 0.25) is 0 Å². The Kier molecular flexibility index (Phi) is 4.51. The zero-order valence-electron chi connectivity index (χ0n) is 13.0. The normalized spacial score (nSPS) is 10.4. The Morgan fingerprint density at radius 1 is 1.21 bits per heavy atom. The van der Waals surface area contributed by atoms with Crippen molar-refractivity contribution in [2.75, 3.05) is 5.32 Å². The molecule has 0 aliphatic carbocycles. The van der Waals surface area contributed by atoms with Gasteiger partial charge < -0.3 is 10.6 Å². The lowest BCUT2D eigenvalue weighted by molar-refractivity contribution is 0.251. The maximum Gasteiger partial charge on any atom is 0.319 e. The van der Waals surface area contributed by atoms with Crippen LogP contribution >= 0.6 is 0 Å².